The summed E-state index contributed by atoms with van der Waals surface area (Å²) in [7, 11) is 1.76. The van der Waals surface area contributed by atoms with Gasteiger partial charge in [0.2, 0.25) is 0 Å². The van der Waals surface area contributed by atoms with Crippen molar-refractivity contribution in [3.63, 3.8) is 0 Å². The van der Waals surface area contributed by atoms with Crippen molar-refractivity contribution in [1.82, 2.24) is 0 Å². The number of benzene rings is 1. The summed E-state index contributed by atoms with van der Waals surface area (Å²) in [6.45, 7) is 4.36. The van der Waals surface area contributed by atoms with Crippen LogP contribution in [-0.4, -0.2) is 12.7 Å². The maximum atomic E-state index is 12.7. The molecule has 26 heavy (non-hydrogen) atoms. The smallest absolute Gasteiger partial charge is 0.378 e. The fourth-order valence-electron chi connectivity index (χ4n) is 3.46. The lowest BCUT2D eigenvalue weighted by atomic mass is 9.86. The van der Waals surface area contributed by atoms with E-state index in [1.165, 1.54) is 50.7 Å². The van der Waals surface area contributed by atoms with Crippen LogP contribution in [0.3, 0.4) is 0 Å². The molecule has 1 aromatic carbocycles. The minimum atomic E-state index is -4.27. The summed E-state index contributed by atoms with van der Waals surface area (Å²) < 4.78 is 43.8. The van der Waals surface area contributed by atoms with E-state index in [9.17, 15) is 13.2 Å². The van der Waals surface area contributed by atoms with Gasteiger partial charge in [0.1, 0.15) is 0 Å². The minimum absolute atomic E-state index is 0.161. The van der Waals surface area contributed by atoms with Gasteiger partial charge in [-0.15, -0.1) is 0 Å². The molecule has 0 radical (unpaired) electrons. The van der Waals surface area contributed by atoms with Gasteiger partial charge in [-0.25, -0.2) is 0 Å². The van der Waals surface area contributed by atoms with Crippen molar-refractivity contribution in [3.05, 3.63) is 35.4 Å². The van der Waals surface area contributed by atoms with Crippen molar-refractivity contribution in [3.8, 4) is 0 Å². The monoisotopic (exact) mass is 372 g/mol. The van der Waals surface area contributed by atoms with Gasteiger partial charge in [0.05, 0.1) is 11.2 Å². The fourth-order valence-corrected chi connectivity index (χ4v) is 3.46. The second-order valence-corrected chi connectivity index (χ2v) is 7.31. The maximum absolute atomic E-state index is 12.7. The van der Waals surface area contributed by atoms with Gasteiger partial charge in [-0.05, 0) is 43.4 Å². The Kier molecular flexibility index (Phi) is 10.3. The topological polar surface area (TPSA) is 9.23 Å². The highest BCUT2D eigenvalue weighted by atomic mass is 19.4. The largest absolute Gasteiger partial charge is 0.416 e. The van der Waals surface area contributed by atoms with E-state index in [0.717, 1.165) is 37.7 Å². The van der Waals surface area contributed by atoms with E-state index < -0.39 is 11.7 Å². The fraction of sp³-hybridized carbons (Fsp3) is 0.727. The predicted octanol–water partition coefficient (Wildman–Crippen LogP) is 7.57. The van der Waals surface area contributed by atoms with Crippen LogP contribution in [0.1, 0.15) is 89.2 Å². The van der Waals surface area contributed by atoms with Crippen LogP contribution < -0.4 is 0 Å². The number of halogens is 3. The normalized spacial score (nSPS) is 14.4. The molecule has 0 aliphatic carbocycles. The van der Waals surface area contributed by atoms with Gasteiger partial charge in [-0.2, -0.15) is 13.2 Å². The van der Waals surface area contributed by atoms with Crippen molar-refractivity contribution in [2.75, 3.05) is 7.11 Å². The van der Waals surface area contributed by atoms with Gasteiger partial charge < -0.3 is 4.74 Å². The quantitative estimate of drug-likeness (QED) is 0.324. The number of methoxy groups -OCH3 is 1. The average Bonchev–Trinajstić information content (AvgIpc) is 2.63. The molecule has 1 unspecified atom stereocenters. The molecule has 0 spiro atoms. The Morgan fingerprint density at radius 2 is 1.38 bits per heavy atom. The highest BCUT2D eigenvalue weighted by molar-refractivity contribution is 5.24. The van der Waals surface area contributed by atoms with Gasteiger partial charge >= 0.3 is 6.18 Å². The summed E-state index contributed by atoms with van der Waals surface area (Å²) in [4.78, 5) is 0. The molecule has 0 aromatic heterocycles. The lowest BCUT2D eigenvalue weighted by Crippen LogP contribution is -2.31. The lowest BCUT2D eigenvalue weighted by molar-refractivity contribution is -0.137. The van der Waals surface area contributed by atoms with Crippen molar-refractivity contribution >= 4 is 0 Å². The molecule has 0 fully saturated rings. The van der Waals surface area contributed by atoms with Gasteiger partial charge in [0.25, 0.3) is 0 Å². The highest BCUT2D eigenvalue weighted by Crippen LogP contribution is 2.31. The van der Waals surface area contributed by atoms with E-state index in [4.69, 9.17) is 4.74 Å². The van der Waals surface area contributed by atoms with Gasteiger partial charge in [0, 0.05) is 7.11 Å². The molecule has 0 saturated carbocycles. The van der Waals surface area contributed by atoms with Crippen LogP contribution in [0, 0.1) is 0 Å². The Bertz CT molecular complexity index is 475. The van der Waals surface area contributed by atoms with Crippen LogP contribution in [0.25, 0.3) is 0 Å². The molecule has 0 N–H and O–H groups in total. The van der Waals surface area contributed by atoms with Crippen LogP contribution in [0.15, 0.2) is 24.3 Å². The summed E-state index contributed by atoms with van der Waals surface area (Å²) in [5.74, 6) is 0. The highest BCUT2D eigenvalue weighted by Gasteiger charge is 2.30. The Hall–Kier alpha value is -1.03. The molecule has 0 aliphatic heterocycles. The summed E-state index contributed by atoms with van der Waals surface area (Å²) in [6, 6.07) is 5.53. The summed E-state index contributed by atoms with van der Waals surface area (Å²) in [6.07, 6.45) is 8.18. The summed E-state index contributed by atoms with van der Waals surface area (Å²) in [5, 5.41) is 0. The van der Waals surface area contributed by atoms with E-state index in [-0.39, 0.29) is 5.60 Å². The first-order chi connectivity index (χ1) is 12.4. The molecule has 4 heteroatoms. The van der Waals surface area contributed by atoms with Crippen molar-refractivity contribution in [2.45, 2.75) is 96.3 Å². The van der Waals surface area contributed by atoms with Crippen molar-refractivity contribution in [2.24, 2.45) is 0 Å². The Morgan fingerprint density at radius 1 is 0.808 bits per heavy atom. The second kappa shape index (κ2) is 11.6. The van der Waals surface area contributed by atoms with E-state index in [2.05, 4.69) is 13.8 Å². The maximum Gasteiger partial charge on any atom is 0.416 e. The molecule has 0 saturated heterocycles. The van der Waals surface area contributed by atoms with E-state index >= 15 is 0 Å². The van der Waals surface area contributed by atoms with Crippen LogP contribution >= 0.6 is 0 Å². The summed E-state index contributed by atoms with van der Waals surface area (Å²) >= 11 is 0. The zero-order valence-corrected chi connectivity index (χ0v) is 16.6. The van der Waals surface area contributed by atoms with Gasteiger partial charge in [-0.3, -0.25) is 0 Å². The van der Waals surface area contributed by atoms with Crippen LogP contribution in [0.2, 0.25) is 0 Å². The minimum Gasteiger partial charge on any atom is -0.378 e. The first-order valence-corrected chi connectivity index (χ1v) is 10.1. The number of hydrogen-bond donors (Lipinski definition) is 0. The molecule has 150 valence electrons. The molecule has 0 heterocycles. The number of aryl methyl sites for hydroxylation is 1. The molecule has 1 nitrogen and oxygen atoms in total. The number of unbranched alkanes of at least 4 members (excludes halogenated alkanes) is 6. The zero-order valence-electron chi connectivity index (χ0n) is 16.6. The number of rotatable bonds is 13. The van der Waals surface area contributed by atoms with E-state index in [1.54, 1.807) is 19.2 Å². The van der Waals surface area contributed by atoms with Crippen molar-refractivity contribution in [1.29, 1.82) is 0 Å². The molecular weight excluding hydrogens is 337 g/mol. The third-order valence-electron chi connectivity index (χ3n) is 5.46. The molecule has 1 aromatic rings. The first-order valence-electron chi connectivity index (χ1n) is 10.1. The zero-order chi connectivity index (χ0) is 19.5. The van der Waals surface area contributed by atoms with Crippen LogP contribution in [0.4, 0.5) is 13.2 Å². The predicted molar refractivity (Wildman–Crippen MR) is 102 cm³/mol. The molecule has 0 amide bonds. The molecule has 0 bridgehead atoms. The van der Waals surface area contributed by atoms with Crippen molar-refractivity contribution < 1.29 is 17.9 Å². The Balaban J connectivity index is 2.45. The van der Waals surface area contributed by atoms with E-state index in [0.29, 0.717) is 0 Å². The number of hydrogen-bond acceptors (Lipinski definition) is 1. The number of alkyl halides is 3. The van der Waals surface area contributed by atoms with Crippen LogP contribution in [0.5, 0.6) is 0 Å². The van der Waals surface area contributed by atoms with Gasteiger partial charge in [-0.1, -0.05) is 70.9 Å². The van der Waals surface area contributed by atoms with Crippen LogP contribution in [-0.2, 0) is 17.3 Å². The third kappa shape index (κ3) is 8.11. The number of ether oxygens (including phenoxy) is 1. The second-order valence-electron chi connectivity index (χ2n) is 7.31. The molecule has 1 rings (SSSR count). The molecular formula is C22H35F3O. The van der Waals surface area contributed by atoms with E-state index in [1.807, 2.05) is 0 Å². The SMILES string of the molecule is CCCCCCCCCC(CC)(CCc1ccc(C(F)(F)F)cc1)OC. The standard InChI is InChI=1S/C22H35F3O/c1-4-6-7-8-9-10-11-17-21(5-2,26-3)18-16-19-12-14-20(15-13-19)22(23,24)25/h12-15H,4-11,16-18H2,1-3H3. The third-order valence-corrected chi connectivity index (χ3v) is 5.46. The summed E-state index contributed by atoms with van der Waals surface area (Å²) in [5.41, 5.74) is 0.191. The Labute approximate surface area is 157 Å². The first kappa shape index (κ1) is 23.0. The Morgan fingerprint density at radius 3 is 1.88 bits per heavy atom. The van der Waals surface area contributed by atoms with Gasteiger partial charge in [0.15, 0.2) is 0 Å². The average molecular weight is 373 g/mol. The lowest BCUT2D eigenvalue weighted by Gasteiger charge is -2.32. The molecule has 1 atom stereocenters. The molecule has 0 aliphatic rings.